The van der Waals surface area contributed by atoms with Gasteiger partial charge in [0.05, 0.1) is 12.1 Å². The maximum atomic E-state index is 12.1. The first-order valence-corrected chi connectivity index (χ1v) is 6.97. The number of amides is 1. The van der Waals surface area contributed by atoms with Gasteiger partial charge in [0.15, 0.2) is 5.11 Å². The molecule has 0 aliphatic rings. The fourth-order valence-electron chi connectivity index (χ4n) is 1.96. The number of nitrogens with two attached hydrogens (primary N) is 1. The van der Waals surface area contributed by atoms with Crippen molar-refractivity contribution in [1.29, 1.82) is 0 Å². The van der Waals surface area contributed by atoms with Gasteiger partial charge in [0.1, 0.15) is 0 Å². The molecule has 2 aromatic carbocycles. The molecule has 4 nitrogen and oxygen atoms in total. The van der Waals surface area contributed by atoms with Crippen LogP contribution >= 0.6 is 12.2 Å². The molecule has 0 fully saturated rings. The Morgan fingerprint density at radius 1 is 1.19 bits per heavy atom. The summed E-state index contributed by atoms with van der Waals surface area (Å²) in [5.41, 5.74) is 11.2. The van der Waals surface area contributed by atoms with Crippen molar-refractivity contribution in [2.45, 2.75) is 13.3 Å². The van der Waals surface area contributed by atoms with Crippen LogP contribution in [0.15, 0.2) is 54.6 Å². The zero-order valence-electron chi connectivity index (χ0n) is 11.7. The molecule has 5 heteroatoms. The van der Waals surface area contributed by atoms with Gasteiger partial charge >= 0.3 is 0 Å². The summed E-state index contributed by atoms with van der Waals surface area (Å²) in [7, 11) is 0. The summed E-state index contributed by atoms with van der Waals surface area (Å²) in [5.74, 6) is -0.171. The SMILES string of the molecule is Cc1cccc(N(NC(=O)Cc2ccccc2)C(N)=S)c1. The maximum Gasteiger partial charge on any atom is 0.243 e. The lowest BCUT2D eigenvalue weighted by Crippen LogP contribution is -2.49. The van der Waals surface area contributed by atoms with Crippen LogP contribution in [0.4, 0.5) is 5.69 Å². The van der Waals surface area contributed by atoms with Crippen molar-refractivity contribution in [2.75, 3.05) is 5.01 Å². The van der Waals surface area contributed by atoms with E-state index in [-0.39, 0.29) is 17.4 Å². The zero-order chi connectivity index (χ0) is 15.2. The third-order valence-corrected chi connectivity index (χ3v) is 3.11. The number of hydrogen-bond acceptors (Lipinski definition) is 2. The van der Waals surface area contributed by atoms with Gasteiger partial charge in [0.2, 0.25) is 5.91 Å². The van der Waals surface area contributed by atoms with Crippen molar-refractivity contribution < 1.29 is 4.79 Å². The van der Waals surface area contributed by atoms with Crippen LogP contribution in [0.3, 0.4) is 0 Å². The van der Waals surface area contributed by atoms with Gasteiger partial charge in [0.25, 0.3) is 0 Å². The fourth-order valence-corrected chi connectivity index (χ4v) is 2.11. The number of hydrazine groups is 1. The molecule has 2 aromatic rings. The lowest BCUT2D eigenvalue weighted by Gasteiger charge is -2.23. The zero-order valence-corrected chi connectivity index (χ0v) is 12.6. The van der Waals surface area contributed by atoms with Crippen LogP contribution in [0.5, 0.6) is 0 Å². The first-order valence-electron chi connectivity index (χ1n) is 6.56. The molecule has 0 aromatic heterocycles. The minimum absolute atomic E-state index is 0.0991. The van der Waals surface area contributed by atoms with Crippen molar-refractivity contribution in [2.24, 2.45) is 5.73 Å². The molecule has 0 aliphatic heterocycles. The Labute approximate surface area is 129 Å². The van der Waals surface area contributed by atoms with Crippen LogP contribution in [-0.2, 0) is 11.2 Å². The number of rotatable bonds is 3. The van der Waals surface area contributed by atoms with E-state index >= 15 is 0 Å². The molecular weight excluding hydrogens is 282 g/mol. The Kier molecular flexibility index (Phi) is 4.90. The van der Waals surface area contributed by atoms with Gasteiger partial charge in [0, 0.05) is 0 Å². The quantitative estimate of drug-likeness (QED) is 0.674. The summed E-state index contributed by atoms with van der Waals surface area (Å²) in [4.78, 5) is 12.1. The minimum Gasteiger partial charge on any atom is -0.374 e. The lowest BCUT2D eigenvalue weighted by molar-refractivity contribution is -0.120. The second-order valence-corrected chi connectivity index (χ2v) is 5.13. The number of nitrogens with one attached hydrogen (secondary N) is 1. The standard InChI is InChI=1S/C16H17N3OS/c1-12-6-5-9-14(10-12)19(16(17)21)18-15(20)11-13-7-3-2-4-8-13/h2-10H,11H2,1H3,(H2,17,21)(H,18,20). The monoisotopic (exact) mass is 299 g/mol. The normalized spacial score (nSPS) is 9.95. The van der Waals surface area contributed by atoms with E-state index in [4.69, 9.17) is 18.0 Å². The molecule has 2 rings (SSSR count). The summed E-state index contributed by atoms with van der Waals surface area (Å²) < 4.78 is 0. The Bertz CT molecular complexity index is 643. The highest BCUT2D eigenvalue weighted by Crippen LogP contribution is 2.14. The molecule has 0 bridgehead atoms. The fraction of sp³-hybridized carbons (Fsp3) is 0.125. The molecule has 0 atom stereocenters. The largest absolute Gasteiger partial charge is 0.374 e. The van der Waals surface area contributed by atoms with E-state index in [0.29, 0.717) is 0 Å². The summed E-state index contributed by atoms with van der Waals surface area (Å²) in [5, 5.41) is 1.52. The Balaban J connectivity index is 2.10. The van der Waals surface area contributed by atoms with Crippen LogP contribution in [0.2, 0.25) is 0 Å². The molecule has 0 spiro atoms. The van der Waals surface area contributed by atoms with E-state index in [1.165, 1.54) is 5.01 Å². The van der Waals surface area contributed by atoms with E-state index in [0.717, 1.165) is 16.8 Å². The molecule has 0 saturated heterocycles. The number of anilines is 1. The van der Waals surface area contributed by atoms with Crippen LogP contribution in [0.1, 0.15) is 11.1 Å². The number of aryl methyl sites for hydroxylation is 1. The van der Waals surface area contributed by atoms with E-state index in [2.05, 4.69) is 5.43 Å². The van der Waals surface area contributed by atoms with Gasteiger partial charge in [-0.3, -0.25) is 10.2 Å². The van der Waals surface area contributed by atoms with Crippen LogP contribution in [0, 0.1) is 6.92 Å². The molecule has 3 N–H and O–H groups in total. The molecule has 0 heterocycles. The molecule has 0 radical (unpaired) electrons. The van der Waals surface area contributed by atoms with Crippen LogP contribution in [0.25, 0.3) is 0 Å². The molecule has 0 saturated carbocycles. The molecule has 108 valence electrons. The number of nitrogens with zero attached hydrogens (tertiary/aromatic N) is 1. The molecule has 1 amide bonds. The molecular formula is C16H17N3OS. The topological polar surface area (TPSA) is 58.4 Å². The van der Waals surface area contributed by atoms with Gasteiger partial charge in [-0.05, 0) is 42.4 Å². The lowest BCUT2D eigenvalue weighted by atomic mass is 10.1. The Hall–Kier alpha value is -2.40. The van der Waals surface area contributed by atoms with E-state index in [9.17, 15) is 4.79 Å². The Morgan fingerprint density at radius 3 is 2.52 bits per heavy atom. The van der Waals surface area contributed by atoms with Crippen LogP contribution < -0.4 is 16.2 Å². The van der Waals surface area contributed by atoms with E-state index in [1.54, 1.807) is 0 Å². The van der Waals surface area contributed by atoms with Gasteiger partial charge in [-0.1, -0.05) is 42.5 Å². The molecule has 0 aliphatic carbocycles. The van der Waals surface area contributed by atoms with Crippen LogP contribution in [-0.4, -0.2) is 11.0 Å². The van der Waals surface area contributed by atoms with Gasteiger partial charge in [-0.25, -0.2) is 5.01 Å². The van der Waals surface area contributed by atoms with Crippen molar-refractivity contribution >= 4 is 28.9 Å². The van der Waals surface area contributed by atoms with Crippen molar-refractivity contribution in [3.8, 4) is 0 Å². The number of thiocarbonyl (C=S) groups is 1. The molecule has 21 heavy (non-hydrogen) atoms. The number of benzene rings is 2. The highest BCUT2D eigenvalue weighted by atomic mass is 32.1. The number of hydrogen-bond donors (Lipinski definition) is 2. The van der Waals surface area contributed by atoms with Gasteiger partial charge < -0.3 is 5.73 Å². The van der Waals surface area contributed by atoms with E-state index in [1.807, 2.05) is 61.5 Å². The van der Waals surface area contributed by atoms with Crippen molar-refractivity contribution in [3.05, 3.63) is 65.7 Å². The van der Waals surface area contributed by atoms with Gasteiger partial charge in [-0.2, -0.15) is 0 Å². The summed E-state index contributed by atoms with van der Waals surface area (Å²) >= 11 is 5.01. The predicted octanol–water partition coefficient (Wildman–Crippen LogP) is 2.32. The van der Waals surface area contributed by atoms with Crippen molar-refractivity contribution in [1.82, 2.24) is 5.43 Å². The summed E-state index contributed by atoms with van der Waals surface area (Å²) in [6.45, 7) is 1.97. The van der Waals surface area contributed by atoms with E-state index < -0.39 is 0 Å². The highest BCUT2D eigenvalue weighted by Gasteiger charge is 2.13. The first kappa shape index (κ1) is 15.0. The summed E-state index contributed by atoms with van der Waals surface area (Å²) in [6.07, 6.45) is 0.270. The third-order valence-electron chi connectivity index (χ3n) is 2.92. The summed E-state index contributed by atoms with van der Waals surface area (Å²) in [6, 6.07) is 17.1. The first-order chi connectivity index (χ1) is 10.1. The highest BCUT2D eigenvalue weighted by molar-refractivity contribution is 7.80. The second kappa shape index (κ2) is 6.85. The maximum absolute atomic E-state index is 12.1. The number of carbonyl (C=O) groups excluding carboxylic acids is 1. The van der Waals surface area contributed by atoms with Crippen molar-refractivity contribution in [3.63, 3.8) is 0 Å². The molecule has 0 unspecified atom stereocenters. The average Bonchev–Trinajstić information content (AvgIpc) is 2.45. The van der Waals surface area contributed by atoms with Gasteiger partial charge in [-0.15, -0.1) is 0 Å². The number of carbonyl (C=O) groups is 1. The third kappa shape index (κ3) is 4.29. The Morgan fingerprint density at radius 2 is 1.90 bits per heavy atom. The predicted molar refractivity (Wildman–Crippen MR) is 88.7 cm³/mol. The smallest absolute Gasteiger partial charge is 0.243 e. The minimum atomic E-state index is -0.171. The second-order valence-electron chi connectivity index (χ2n) is 4.71. The average molecular weight is 299 g/mol.